The van der Waals surface area contributed by atoms with E-state index in [1.54, 1.807) is 33.5 Å². The van der Waals surface area contributed by atoms with Crippen LogP contribution in [0, 0.1) is 5.82 Å². The van der Waals surface area contributed by atoms with Crippen LogP contribution in [-0.4, -0.2) is 51.3 Å². The Bertz CT molecular complexity index is 836. The Kier molecular flexibility index (Phi) is 8.74. The third kappa shape index (κ3) is 5.84. The van der Waals surface area contributed by atoms with Gasteiger partial charge in [-0.2, -0.15) is 0 Å². The Morgan fingerprint density at radius 3 is 2.83 bits per heavy atom. The SMILES string of the molecule is CN=C(NCc1ccc(OC)cc1OC)NC1CCN(c2ncccc2F)C1.I. The molecule has 0 saturated carbocycles. The third-order valence-electron chi connectivity index (χ3n) is 4.73. The van der Waals surface area contributed by atoms with Crippen molar-refractivity contribution < 1.29 is 13.9 Å². The molecule has 1 atom stereocenters. The molecule has 2 heterocycles. The molecule has 0 radical (unpaired) electrons. The van der Waals surface area contributed by atoms with Crippen molar-refractivity contribution in [1.29, 1.82) is 0 Å². The maximum Gasteiger partial charge on any atom is 0.191 e. The van der Waals surface area contributed by atoms with Crippen molar-refractivity contribution in [1.82, 2.24) is 15.6 Å². The minimum absolute atomic E-state index is 0. The number of guanidine groups is 1. The molecular formula is C20H27FIN5O2. The van der Waals surface area contributed by atoms with E-state index in [2.05, 4.69) is 20.6 Å². The van der Waals surface area contributed by atoms with Gasteiger partial charge in [-0.15, -0.1) is 24.0 Å². The highest BCUT2D eigenvalue weighted by Gasteiger charge is 2.26. The summed E-state index contributed by atoms with van der Waals surface area (Å²) in [7, 11) is 4.99. The minimum atomic E-state index is -0.294. The molecule has 2 aromatic rings. The van der Waals surface area contributed by atoms with Crippen LogP contribution in [0.3, 0.4) is 0 Å². The maximum atomic E-state index is 13.9. The standard InChI is InChI=1S/C20H26FN5O2.HI/c1-22-20(24-12-14-6-7-16(27-2)11-18(14)28-3)25-15-8-10-26(13-15)19-17(21)5-4-9-23-19;/h4-7,9,11,15H,8,10,12-13H2,1-3H3,(H2,22,24,25);1H. The predicted octanol–water partition coefficient (Wildman–Crippen LogP) is 2.80. The number of aliphatic imine (C=N–C) groups is 1. The average Bonchev–Trinajstić information content (AvgIpc) is 3.19. The number of ether oxygens (including phenoxy) is 2. The van der Waals surface area contributed by atoms with Crippen LogP contribution in [-0.2, 0) is 6.54 Å². The zero-order valence-electron chi connectivity index (χ0n) is 16.8. The summed E-state index contributed by atoms with van der Waals surface area (Å²) in [5, 5.41) is 6.70. The fraction of sp³-hybridized carbons (Fsp3) is 0.400. The van der Waals surface area contributed by atoms with Crippen molar-refractivity contribution >= 4 is 35.8 Å². The third-order valence-corrected chi connectivity index (χ3v) is 4.73. The zero-order chi connectivity index (χ0) is 19.9. The van der Waals surface area contributed by atoms with Crippen molar-refractivity contribution in [2.75, 3.05) is 39.3 Å². The highest BCUT2D eigenvalue weighted by molar-refractivity contribution is 14.0. The van der Waals surface area contributed by atoms with Gasteiger partial charge in [-0.3, -0.25) is 4.99 Å². The Morgan fingerprint density at radius 2 is 2.14 bits per heavy atom. The zero-order valence-corrected chi connectivity index (χ0v) is 19.1. The Labute approximate surface area is 187 Å². The lowest BCUT2D eigenvalue weighted by molar-refractivity contribution is 0.390. The summed E-state index contributed by atoms with van der Waals surface area (Å²) in [4.78, 5) is 10.4. The van der Waals surface area contributed by atoms with Gasteiger partial charge in [0.15, 0.2) is 17.6 Å². The number of rotatable bonds is 6. The fourth-order valence-electron chi connectivity index (χ4n) is 3.25. The molecule has 2 N–H and O–H groups in total. The van der Waals surface area contributed by atoms with Gasteiger partial charge in [-0.05, 0) is 30.7 Å². The molecule has 0 bridgehead atoms. The summed E-state index contributed by atoms with van der Waals surface area (Å²) < 4.78 is 24.6. The molecule has 0 spiro atoms. The second-order valence-electron chi connectivity index (χ2n) is 6.49. The number of hydrogen-bond donors (Lipinski definition) is 2. The van der Waals surface area contributed by atoms with Gasteiger partial charge in [-0.1, -0.05) is 0 Å². The second kappa shape index (κ2) is 11.0. The summed E-state index contributed by atoms with van der Waals surface area (Å²) in [6.07, 6.45) is 2.49. The molecule has 0 amide bonds. The average molecular weight is 515 g/mol. The predicted molar refractivity (Wildman–Crippen MR) is 123 cm³/mol. The van der Waals surface area contributed by atoms with E-state index < -0.39 is 0 Å². The van der Waals surface area contributed by atoms with Gasteiger partial charge >= 0.3 is 0 Å². The number of methoxy groups -OCH3 is 2. The molecular weight excluding hydrogens is 488 g/mol. The molecule has 9 heteroatoms. The van der Waals surface area contributed by atoms with E-state index in [9.17, 15) is 4.39 Å². The highest BCUT2D eigenvalue weighted by atomic mass is 127. The van der Waals surface area contributed by atoms with Crippen LogP contribution in [0.15, 0.2) is 41.5 Å². The first-order valence-corrected chi connectivity index (χ1v) is 9.18. The monoisotopic (exact) mass is 515 g/mol. The number of benzene rings is 1. The van der Waals surface area contributed by atoms with Gasteiger partial charge in [0.05, 0.1) is 14.2 Å². The molecule has 1 aromatic carbocycles. The van der Waals surface area contributed by atoms with Crippen molar-refractivity contribution in [3.05, 3.63) is 47.9 Å². The van der Waals surface area contributed by atoms with Gasteiger partial charge in [-0.25, -0.2) is 9.37 Å². The molecule has 7 nitrogen and oxygen atoms in total. The number of hydrogen-bond acceptors (Lipinski definition) is 5. The van der Waals surface area contributed by atoms with E-state index in [1.807, 2.05) is 23.1 Å². The largest absolute Gasteiger partial charge is 0.497 e. The van der Waals surface area contributed by atoms with Crippen LogP contribution in [0.25, 0.3) is 0 Å². The summed E-state index contributed by atoms with van der Waals surface area (Å²) in [6.45, 7) is 1.97. The normalized spacial score (nSPS) is 16.2. The van der Waals surface area contributed by atoms with Gasteiger partial charge in [0.25, 0.3) is 0 Å². The van der Waals surface area contributed by atoms with Crippen molar-refractivity contribution in [2.45, 2.75) is 19.0 Å². The van der Waals surface area contributed by atoms with Crippen LogP contribution in [0.2, 0.25) is 0 Å². The molecule has 1 unspecified atom stereocenters. The maximum absolute atomic E-state index is 13.9. The molecule has 158 valence electrons. The number of halogens is 2. The summed E-state index contributed by atoms with van der Waals surface area (Å²) in [5.41, 5.74) is 0.995. The van der Waals surface area contributed by atoms with Crippen LogP contribution in [0.4, 0.5) is 10.2 Å². The molecule has 1 aliphatic rings. The number of anilines is 1. The Balaban J connectivity index is 0.00000300. The van der Waals surface area contributed by atoms with Crippen molar-refractivity contribution in [3.8, 4) is 11.5 Å². The fourth-order valence-corrected chi connectivity index (χ4v) is 3.25. The molecule has 29 heavy (non-hydrogen) atoms. The van der Waals surface area contributed by atoms with Gasteiger partial charge in [0.2, 0.25) is 0 Å². The van der Waals surface area contributed by atoms with Crippen LogP contribution in [0.1, 0.15) is 12.0 Å². The molecule has 0 aliphatic carbocycles. The van der Waals surface area contributed by atoms with E-state index >= 15 is 0 Å². The first kappa shape index (κ1) is 23.0. The van der Waals surface area contributed by atoms with Crippen LogP contribution >= 0.6 is 24.0 Å². The first-order chi connectivity index (χ1) is 13.6. The molecule has 1 aromatic heterocycles. The van der Waals surface area contributed by atoms with E-state index in [4.69, 9.17) is 9.47 Å². The van der Waals surface area contributed by atoms with Crippen LogP contribution in [0.5, 0.6) is 11.5 Å². The number of aromatic nitrogens is 1. The smallest absolute Gasteiger partial charge is 0.191 e. The Hall–Kier alpha value is -2.30. The molecule has 1 fully saturated rings. The quantitative estimate of drug-likeness (QED) is 0.351. The molecule has 1 saturated heterocycles. The van der Waals surface area contributed by atoms with E-state index in [0.29, 0.717) is 24.9 Å². The lowest BCUT2D eigenvalue weighted by Crippen LogP contribution is -2.44. The summed E-state index contributed by atoms with van der Waals surface area (Å²) >= 11 is 0. The van der Waals surface area contributed by atoms with Crippen molar-refractivity contribution in [2.24, 2.45) is 4.99 Å². The first-order valence-electron chi connectivity index (χ1n) is 9.18. The van der Waals surface area contributed by atoms with E-state index in [1.165, 1.54) is 6.07 Å². The lowest BCUT2D eigenvalue weighted by atomic mass is 10.2. The van der Waals surface area contributed by atoms with E-state index in [0.717, 1.165) is 30.0 Å². The van der Waals surface area contributed by atoms with Crippen molar-refractivity contribution in [3.63, 3.8) is 0 Å². The number of nitrogens with one attached hydrogen (secondary N) is 2. The minimum Gasteiger partial charge on any atom is -0.497 e. The van der Waals surface area contributed by atoms with Gasteiger partial charge in [0, 0.05) is 50.6 Å². The molecule has 3 rings (SSSR count). The second-order valence-corrected chi connectivity index (χ2v) is 6.49. The number of nitrogens with zero attached hydrogens (tertiary/aromatic N) is 3. The molecule has 1 aliphatic heterocycles. The summed E-state index contributed by atoms with van der Waals surface area (Å²) in [6, 6.07) is 8.90. The topological polar surface area (TPSA) is 71.0 Å². The lowest BCUT2D eigenvalue weighted by Gasteiger charge is -2.20. The van der Waals surface area contributed by atoms with Gasteiger partial charge < -0.3 is 25.0 Å². The van der Waals surface area contributed by atoms with E-state index in [-0.39, 0.29) is 35.8 Å². The highest BCUT2D eigenvalue weighted by Crippen LogP contribution is 2.24. The van der Waals surface area contributed by atoms with Gasteiger partial charge in [0.1, 0.15) is 11.5 Å². The number of pyridine rings is 1. The Morgan fingerprint density at radius 1 is 1.31 bits per heavy atom. The van der Waals surface area contributed by atoms with Crippen LogP contribution < -0.4 is 25.0 Å². The summed E-state index contributed by atoms with van der Waals surface area (Å²) in [5.74, 6) is 2.29.